The first-order valence-electron chi connectivity index (χ1n) is 13.4. The molecule has 2 N–H and O–H groups in total. The highest BCUT2D eigenvalue weighted by molar-refractivity contribution is 5.95. The molecule has 0 aliphatic heterocycles. The zero-order valence-electron chi connectivity index (χ0n) is 22.3. The number of carbonyl (C=O) groups excluding carboxylic acids is 1. The Morgan fingerprint density at radius 3 is 2.59 bits per heavy atom. The van der Waals surface area contributed by atoms with E-state index >= 15 is 0 Å². The fourth-order valence-electron chi connectivity index (χ4n) is 4.61. The van der Waals surface area contributed by atoms with Gasteiger partial charge in [-0.05, 0) is 62.8 Å². The fraction of sp³-hybridized carbons (Fsp3) is 0.433. The smallest absolute Gasteiger partial charge is 0.297 e. The van der Waals surface area contributed by atoms with Crippen LogP contribution >= 0.6 is 0 Å². The second-order valence-corrected chi connectivity index (χ2v) is 9.81. The van der Waals surface area contributed by atoms with Gasteiger partial charge in [-0.2, -0.15) is 0 Å². The largest absolute Gasteiger partial charge is 0.493 e. The zero-order valence-corrected chi connectivity index (χ0v) is 22.3. The third-order valence-electron chi connectivity index (χ3n) is 7.21. The SMILES string of the molecule is CCCCOc1ccccc1C(CC)(CC)Nc1nccn(-c2cc(C(=O)NC3CC3)ccc2C)c1=O. The van der Waals surface area contributed by atoms with Gasteiger partial charge < -0.3 is 15.4 Å². The molecule has 1 heterocycles. The van der Waals surface area contributed by atoms with Crippen LogP contribution in [0.15, 0.2) is 59.7 Å². The summed E-state index contributed by atoms with van der Waals surface area (Å²) in [5.74, 6) is 0.982. The van der Waals surface area contributed by atoms with Gasteiger partial charge in [0.15, 0.2) is 5.82 Å². The van der Waals surface area contributed by atoms with Gasteiger partial charge in [0.1, 0.15) is 5.75 Å². The molecule has 7 nitrogen and oxygen atoms in total. The summed E-state index contributed by atoms with van der Waals surface area (Å²) >= 11 is 0. The number of ether oxygens (including phenoxy) is 1. The maximum atomic E-state index is 13.7. The minimum Gasteiger partial charge on any atom is -0.493 e. The van der Waals surface area contributed by atoms with Crippen LogP contribution in [0.5, 0.6) is 5.75 Å². The van der Waals surface area contributed by atoms with E-state index in [1.165, 1.54) is 0 Å². The predicted octanol–water partition coefficient (Wildman–Crippen LogP) is 5.74. The summed E-state index contributed by atoms with van der Waals surface area (Å²) < 4.78 is 7.72. The van der Waals surface area contributed by atoms with Gasteiger partial charge in [-0.1, -0.05) is 51.5 Å². The maximum absolute atomic E-state index is 13.7. The molecule has 7 heteroatoms. The van der Waals surface area contributed by atoms with Crippen molar-refractivity contribution in [1.82, 2.24) is 14.9 Å². The van der Waals surface area contributed by atoms with Crippen LogP contribution in [0, 0.1) is 6.92 Å². The van der Waals surface area contributed by atoms with Crippen molar-refractivity contribution in [3.05, 3.63) is 81.9 Å². The molecule has 0 unspecified atom stereocenters. The van der Waals surface area contributed by atoms with Crippen molar-refractivity contribution in [2.45, 2.75) is 77.8 Å². The molecule has 1 fully saturated rings. The zero-order chi connectivity index (χ0) is 26.4. The highest BCUT2D eigenvalue weighted by Crippen LogP contribution is 2.37. The molecule has 1 amide bonds. The molecule has 0 radical (unpaired) electrons. The van der Waals surface area contributed by atoms with Crippen molar-refractivity contribution < 1.29 is 9.53 Å². The summed E-state index contributed by atoms with van der Waals surface area (Å²) in [6.07, 6.45) is 8.84. The lowest BCUT2D eigenvalue weighted by Crippen LogP contribution is -2.38. The molecule has 0 atom stereocenters. The Balaban J connectivity index is 1.69. The van der Waals surface area contributed by atoms with Crippen molar-refractivity contribution in [2.75, 3.05) is 11.9 Å². The molecule has 3 aromatic rings. The van der Waals surface area contributed by atoms with Crippen LogP contribution in [0.2, 0.25) is 0 Å². The molecule has 0 saturated heterocycles. The Bertz CT molecular complexity index is 1290. The number of para-hydroxylation sites is 1. The van der Waals surface area contributed by atoms with Gasteiger partial charge in [-0.15, -0.1) is 0 Å². The van der Waals surface area contributed by atoms with Gasteiger partial charge in [0, 0.05) is 29.6 Å². The Morgan fingerprint density at radius 2 is 1.89 bits per heavy atom. The topological polar surface area (TPSA) is 85.2 Å². The summed E-state index contributed by atoms with van der Waals surface area (Å²) in [6, 6.07) is 13.8. The van der Waals surface area contributed by atoms with Gasteiger partial charge >= 0.3 is 0 Å². The number of unbranched alkanes of at least 4 members (excludes halogenated alkanes) is 1. The second kappa shape index (κ2) is 11.6. The summed E-state index contributed by atoms with van der Waals surface area (Å²) in [5.41, 5.74) is 2.33. The number of aryl methyl sites for hydroxylation is 1. The van der Waals surface area contributed by atoms with E-state index in [-0.39, 0.29) is 23.3 Å². The van der Waals surface area contributed by atoms with Crippen LogP contribution in [-0.2, 0) is 5.54 Å². The Kier molecular flexibility index (Phi) is 8.31. The summed E-state index contributed by atoms with van der Waals surface area (Å²) in [4.78, 5) is 30.8. The van der Waals surface area contributed by atoms with Gasteiger partial charge in [-0.25, -0.2) is 4.98 Å². The first kappa shape index (κ1) is 26.5. The number of carbonyl (C=O) groups is 1. The molecule has 0 bridgehead atoms. The molecular formula is C30H38N4O3. The molecule has 1 aliphatic carbocycles. The molecule has 196 valence electrons. The summed E-state index contributed by atoms with van der Waals surface area (Å²) in [6.45, 7) is 8.93. The number of rotatable bonds is 12. The third kappa shape index (κ3) is 5.87. The number of nitrogens with one attached hydrogen (secondary N) is 2. The van der Waals surface area contributed by atoms with Crippen LogP contribution in [0.1, 0.15) is 80.8 Å². The molecular weight excluding hydrogens is 464 g/mol. The van der Waals surface area contributed by atoms with E-state index < -0.39 is 5.54 Å². The summed E-state index contributed by atoms with van der Waals surface area (Å²) in [7, 11) is 0. The number of anilines is 1. The number of hydrogen-bond donors (Lipinski definition) is 2. The molecule has 1 aliphatic rings. The lowest BCUT2D eigenvalue weighted by Gasteiger charge is -2.35. The number of nitrogens with zero attached hydrogens (tertiary/aromatic N) is 2. The monoisotopic (exact) mass is 502 g/mol. The second-order valence-electron chi connectivity index (χ2n) is 9.81. The maximum Gasteiger partial charge on any atom is 0.297 e. The average Bonchev–Trinajstić information content (AvgIpc) is 3.73. The van der Waals surface area contributed by atoms with Crippen molar-refractivity contribution in [3.63, 3.8) is 0 Å². The lowest BCUT2D eigenvalue weighted by atomic mass is 9.84. The first-order valence-corrected chi connectivity index (χ1v) is 13.4. The van der Waals surface area contributed by atoms with Gasteiger partial charge in [0.2, 0.25) is 0 Å². The van der Waals surface area contributed by atoms with E-state index in [4.69, 9.17) is 4.74 Å². The van der Waals surface area contributed by atoms with Gasteiger partial charge in [0.25, 0.3) is 11.5 Å². The van der Waals surface area contributed by atoms with E-state index in [0.29, 0.717) is 17.9 Å². The quantitative estimate of drug-likeness (QED) is 0.309. The van der Waals surface area contributed by atoms with Gasteiger partial charge in [-0.3, -0.25) is 14.2 Å². The number of benzene rings is 2. The van der Waals surface area contributed by atoms with Crippen molar-refractivity contribution >= 4 is 11.7 Å². The molecule has 0 spiro atoms. The fourth-order valence-corrected chi connectivity index (χ4v) is 4.61. The number of hydrogen-bond acceptors (Lipinski definition) is 5. The van der Waals surface area contributed by atoms with Gasteiger partial charge in [0.05, 0.1) is 17.8 Å². The van der Waals surface area contributed by atoms with E-state index in [1.54, 1.807) is 29.1 Å². The minimum absolute atomic E-state index is 0.111. The van der Waals surface area contributed by atoms with Crippen molar-refractivity contribution in [3.8, 4) is 11.4 Å². The minimum atomic E-state index is -0.533. The Morgan fingerprint density at radius 1 is 1.14 bits per heavy atom. The normalized spacial score (nSPS) is 13.3. The van der Waals surface area contributed by atoms with E-state index in [9.17, 15) is 9.59 Å². The summed E-state index contributed by atoms with van der Waals surface area (Å²) in [5, 5.41) is 6.52. The molecule has 1 saturated carbocycles. The average molecular weight is 503 g/mol. The number of amides is 1. The third-order valence-corrected chi connectivity index (χ3v) is 7.21. The number of aromatic nitrogens is 2. The van der Waals surface area contributed by atoms with Crippen molar-refractivity contribution in [1.29, 1.82) is 0 Å². The van der Waals surface area contributed by atoms with Crippen molar-refractivity contribution in [2.24, 2.45) is 0 Å². The first-order chi connectivity index (χ1) is 17.9. The highest BCUT2D eigenvalue weighted by atomic mass is 16.5. The van der Waals surface area contributed by atoms with Crippen LogP contribution in [0.25, 0.3) is 5.69 Å². The van der Waals surface area contributed by atoms with Crippen LogP contribution < -0.4 is 20.9 Å². The van der Waals surface area contributed by atoms with E-state index in [1.807, 2.05) is 31.2 Å². The molecule has 2 aromatic carbocycles. The van der Waals surface area contributed by atoms with Crippen LogP contribution in [0.4, 0.5) is 5.82 Å². The highest BCUT2D eigenvalue weighted by Gasteiger charge is 2.33. The van der Waals surface area contributed by atoms with E-state index in [0.717, 1.165) is 55.4 Å². The Hall–Kier alpha value is -3.61. The molecule has 37 heavy (non-hydrogen) atoms. The van der Waals surface area contributed by atoms with Crippen LogP contribution in [0.3, 0.4) is 0 Å². The van der Waals surface area contributed by atoms with E-state index in [2.05, 4.69) is 42.5 Å². The standard InChI is InChI=1S/C30H38N4O3/c1-5-8-19-37-26-12-10-9-11-24(26)30(6-2,7-3)33-27-29(36)34(18-17-31-27)25-20-22(14-13-21(25)4)28(35)32-23-15-16-23/h9-14,17-18,20,23H,5-8,15-16,19H2,1-4H3,(H,31,33)(H,32,35). The predicted molar refractivity (Wildman–Crippen MR) is 148 cm³/mol. The lowest BCUT2D eigenvalue weighted by molar-refractivity contribution is 0.0951. The Labute approximate surface area is 219 Å². The molecule has 1 aromatic heterocycles. The van der Waals surface area contributed by atoms with Crippen LogP contribution in [-0.4, -0.2) is 28.1 Å². The molecule has 4 rings (SSSR count).